The second-order valence-corrected chi connectivity index (χ2v) is 8.59. The van der Waals surface area contributed by atoms with Gasteiger partial charge in [0.05, 0.1) is 14.2 Å². The molecule has 0 saturated carbocycles. The molecule has 2 aliphatic rings. The SMILES string of the molecule is CCN1CCC(CCNC(=NC)N2CCN(Cc3ccc(OC)c(OC)c3)CC2)CC1. The Morgan fingerprint density at radius 2 is 1.71 bits per heavy atom. The molecule has 31 heavy (non-hydrogen) atoms. The second kappa shape index (κ2) is 12.2. The van der Waals surface area contributed by atoms with Crippen LogP contribution in [0.2, 0.25) is 0 Å². The molecular formula is C24H41N5O2. The largest absolute Gasteiger partial charge is 0.493 e. The third kappa shape index (κ3) is 6.74. The molecule has 0 aromatic heterocycles. The van der Waals surface area contributed by atoms with E-state index in [0.29, 0.717) is 0 Å². The zero-order chi connectivity index (χ0) is 22.1. The van der Waals surface area contributed by atoms with Crippen molar-refractivity contribution in [3.05, 3.63) is 23.8 Å². The smallest absolute Gasteiger partial charge is 0.193 e. The zero-order valence-electron chi connectivity index (χ0n) is 19.9. The van der Waals surface area contributed by atoms with Gasteiger partial charge in [-0.15, -0.1) is 0 Å². The first-order valence-corrected chi connectivity index (χ1v) is 11.8. The van der Waals surface area contributed by atoms with Gasteiger partial charge in [0, 0.05) is 46.3 Å². The van der Waals surface area contributed by atoms with E-state index < -0.39 is 0 Å². The fourth-order valence-electron chi connectivity index (χ4n) is 4.67. The summed E-state index contributed by atoms with van der Waals surface area (Å²) in [4.78, 5) is 12.0. The molecule has 1 N–H and O–H groups in total. The predicted octanol–water partition coefficient (Wildman–Crippen LogP) is 2.52. The molecular weight excluding hydrogens is 390 g/mol. The van der Waals surface area contributed by atoms with Crippen molar-refractivity contribution in [1.29, 1.82) is 0 Å². The van der Waals surface area contributed by atoms with E-state index >= 15 is 0 Å². The van der Waals surface area contributed by atoms with Gasteiger partial charge in [0.1, 0.15) is 0 Å². The summed E-state index contributed by atoms with van der Waals surface area (Å²) in [6.45, 7) is 12.0. The van der Waals surface area contributed by atoms with Crippen LogP contribution in [0.5, 0.6) is 11.5 Å². The number of piperazine rings is 1. The minimum Gasteiger partial charge on any atom is -0.493 e. The van der Waals surface area contributed by atoms with Crippen molar-refractivity contribution in [3.63, 3.8) is 0 Å². The Morgan fingerprint density at radius 1 is 1.00 bits per heavy atom. The highest BCUT2D eigenvalue weighted by molar-refractivity contribution is 5.79. The Kier molecular flexibility index (Phi) is 9.28. The molecule has 0 aliphatic carbocycles. The molecule has 7 nitrogen and oxygen atoms in total. The van der Waals surface area contributed by atoms with Crippen molar-refractivity contribution < 1.29 is 9.47 Å². The average Bonchev–Trinajstić information content (AvgIpc) is 2.83. The van der Waals surface area contributed by atoms with Gasteiger partial charge in [-0.2, -0.15) is 0 Å². The molecule has 1 aromatic carbocycles. The van der Waals surface area contributed by atoms with Crippen LogP contribution >= 0.6 is 0 Å². The van der Waals surface area contributed by atoms with Crippen LogP contribution in [0, 0.1) is 5.92 Å². The quantitative estimate of drug-likeness (QED) is 0.504. The molecule has 7 heteroatoms. The van der Waals surface area contributed by atoms with Crippen molar-refractivity contribution in [2.75, 3.05) is 73.6 Å². The van der Waals surface area contributed by atoms with Crippen LogP contribution in [-0.4, -0.2) is 94.3 Å². The Morgan fingerprint density at radius 3 is 2.32 bits per heavy atom. The first-order valence-electron chi connectivity index (χ1n) is 11.8. The van der Waals surface area contributed by atoms with Crippen LogP contribution in [0.4, 0.5) is 0 Å². The minimum absolute atomic E-state index is 0.779. The number of ether oxygens (including phenoxy) is 2. The topological polar surface area (TPSA) is 52.6 Å². The highest BCUT2D eigenvalue weighted by Crippen LogP contribution is 2.28. The first-order chi connectivity index (χ1) is 15.2. The lowest BCUT2D eigenvalue weighted by atomic mass is 9.93. The summed E-state index contributed by atoms with van der Waals surface area (Å²) in [5.41, 5.74) is 1.25. The summed E-state index contributed by atoms with van der Waals surface area (Å²) >= 11 is 0. The van der Waals surface area contributed by atoms with E-state index in [-0.39, 0.29) is 0 Å². The van der Waals surface area contributed by atoms with E-state index in [2.05, 4.69) is 44.1 Å². The summed E-state index contributed by atoms with van der Waals surface area (Å²) in [5, 5.41) is 3.62. The molecule has 0 unspecified atom stereocenters. The lowest BCUT2D eigenvalue weighted by Gasteiger charge is -2.37. The molecule has 0 radical (unpaired) electrons. The lowest BCUT2D eigenvalue weighted by molar-refractivity contribution is 0.171. The zero-order valence-corrected chi connectivity index (χ0v) is 19.9. The number of rotatable bonds is 8. The maximum atomic E-state index is 5.44. The third-order valence-electron chi connectivity index (χ3n) is 6.73. The number of likely N-dealkylation sites (tertiary alicyclic amines) is 1. The van der Waals surface area contributed by atoms with Crippen molar-refractivity contribution >= 4 is 5.96 Å². The van der Waals surface area contributed by atoms with Gasteiger partial charge in [-0.25, -0.2) is 0 Å². The summed E-state index contributed by atoms with van der Waals surface area (Å²) in [6.07, 6.45) is 3.92. The Labute approximate surface area is 188 Å². The Hall–Kier alpha value is -1.99. The van der Waals surface area contributed by atoms with E-state index in [1.807, 2.05) is 13.1 Å². The molecule has 2 heterocycles. The van der Waals surface area contributed by atoms with Crippen LogP contribution in [-0.2, 0) is 6.54 Å². The molecule has 1 aromatic rings. The monoisotopic (exact) mass is 431 g/mol. The van der Waals surface area contributed by atoms with Crippen LogP contribution in [0.1, 0.15) is 31.7 Å². The summed E-state index contributed by atoms with van der Waals surface area (Å²) < 4.78 is 10.8. The lowest BCUT2D eigenvalue weighted by Crippen LogP contribution is -2.52. The van der Waals surface area contributed by atoms with E-state index in [1.54, 1.807) is 14.2 Å². The van der Waals surface area contributed by atoms with Gasteiger partial charge < -0.3 is 24.6 Å². The number of nitrogens with zero attached hydrogens (tertiary/aromatic N) is 4. The molecule has 2 aliphatic heterocycles. The number of nitrogens with one attached hydrogen (secondary N) is 1. The fourth-order valence-corrected chi connectivity index (χ4v) is 4.67. The van der Waals surface area contributed by atoms with Crippen LogP contribution in [0.15, 0.2) is 23.2 Å². The predicted molar refractivity (Wildman–Crippen MR) is 127 cm³/mol. The molecule has 2 saturated heterocycles. The molecule has 0 bridgehead atoms. The van der Waals surface area contributed by atoms with Crippen LogP contribution in [0.25, 0.3) is 0 Å². The van der Waals surface area contributed by atoms with Gasteiger partial charge in [-0.1, -0.05) is 13.0 Å². The number of aliphatic imine (C=N–C) groups is 1. The van der Waals surface area contributed by atoms with Crippen molar-refractivity contribution in [3.8, 4) is 11.5 Å². The van der Waals surface area contributed by atoms with Gasteiger partial charge in [-0.3, -0.25) is 9.89 Å². The highest BCUT2D eigenvalue weighted by atomic mass is 16.5. The standard InChI is InChI=1S/C24H41N5O2/c1-5-27-12-9-20(10-13-27)8-11-26-24(25-2)29-16-14-28(15-17-29)19-21-6-7-22(30-3)23(18-21)31-4/h6-7,18,20H,5,8-17,19H2,1-4H3,(H,25,26). The molecule has 174 valence electrons. The number of hydrogen-bond acceptors (Lipinski definition) is 5. The molecule has 3 rings (SSSR count). The number of benzene rings is 1. The van der Waals surface area contributed by atoms with Gasteiger partial charge in [0.15, 0.2) is 17.5 Å². The first kappa shape index (κ1) is 23.7. The number of methoxy groups -OCH3 is 2. The molecule has 0 amide bonds. The molecule has 0 atom stereocenters. The molecule has 0 spiro atoms. The average molecular weight is 432 g/mol. The van der Waals surface area contributed by atoms with Crippen molar-refractivity contribution in [2.24, 2.45) is 10.9 Å². The number of piperidine rings is 1. The summed E-state index contributed by atoms with van der Waals surface area (Å²) in [7, 11) is 5.26. The minimum atomic E-state index is 0.779. The molecule has 2 fully saturated rings. The maximum Gasteiger partial charge on any atom is 0.193 e. The van der Waals surface area contributed by atoms with E-state index in [0.717, 1.165) is 62.6 Å². The second-order valence-electron chi connectivity index (χ2n) is 8.59. The number of hydrogen-bond donors (Lipinski definition) is 1. The van der Waals surface area contributed by atoms with Gasteiger partial charge in [0.2, 0.25) is 0 Å². The van der Waals surface area contributed by atoms with Gasteiger partial charge >= 0.3 is 0 Å². The third-order valence-corrected chi connectivity index (χ3v) is 6.73. The summed E-state index contributed by atoms with van der Waals surface area (Å²) in [5.74, 6) is 3.48. The fraction of sp³-hybridized carbons (Fsp3) is 0.708. The Bertz CT molecular complexity index is 695. The van der Waals surface area contributed by atoms with Crippen molar-refractivity contribution in [1.82, 2.24) is 20.0 Å². The van der Waals surface area contributed by atoms with E-state index in [9.17, 15) is 0 Å². The van der Waals surface area contributed by atoms with Gasteiger partial charge in [0.25, 0.3) is 0 Å². The number of guanidine groups is 1. The highest BCUT2D eigenvalue weighted by Gasteiger charge is 2.21. The van der Waals surface area contributed by atoms with Crippen LogP contribution < -0.4 is 14.8 Å². The van der Waals surface area contributed by atoms with Crippen molar-refractivity contribution in [2.45, 2.75) is 32.7 Å². The van der Waals surface area contributed by atoms with E-state index in [1.165, 1.54) is 44.5 Å². The Balaban J connectivity index is 1.40. The van der Waals surface area contributed by atoms with Crippen LogP contribution in [0.3, 0.4) is 0 Å². The normalized spacial score (nSPS) is 19.5. The summed E-state index contributed by atoms with van der Waals surface area (Å²) in [6, 6.07) is 6.19. The maximum absolute atomic E-state index is 5.44. The van der Waals surface area contributed by atoms with E-state index in [4.69, 9.17) is 9.47 Å². The van der Waals surface area contributed by atoms with Gasteiger partial charge in [-0.05, 0) is 62.5 Å².